The van der Waals surface area contributed by atoms with Crippen LogP contribution in [-0.2, 0) is 4.79 Å². The first-order valence-electron chi connectivity index (χ1n) is 4.92. The highest BCUT2D eigenvalue weighted by molar-refractivity contribution is 5.73. The van der Waals surface area contributed by atoms with Crippen molar-refractivity contribution in [2.75, 3.05) is 0 Å². The molecule has 1 heterocycles. The molecule has 0 aliphatic heterocycles. The monoisotopic (exact) mass is 208 g/mol. The Hall–Kier alpha value is -1.49. The van der Waals surface area contributed by atoms with Crippen LogP contribution < -0.4 is 11.5 Å². The minimum atomic E-state index is -0.303. The van der Waals surface area contributed by atoms with Gasteiger partial charge in [-0.15, -0.1) is 0 Å². The van der Waals surface area contributed by atoms with E-state index in [-0.39, 0.29) is 17.9 Å². The van der Waals surface area contributed by atoms with Gasteiger partial charge in [-0.3, -0.25) is 4.79 Å². The van der Waals surface area contributed by atoms with E-state index in [1.54, 1.807) is 18.5 Å². The number of nitrogens with zero attached hydrogens (tertiary/aromatic N) is 2. The first kappa shape index (κ1) is 11.6. The highest BCUT2D eigenvalue weighted by Crippen LogP contribution is 2.19. The summed E-state index contributed by atoms with van der Waals surface area (Å²) in [5, 5.41) is 0. The van der Waals surface area contributed by atoms with Gasteiger partial charge in [0.25, 0.3) is 0 Å². The van der Waals surface area contributed by atoms with Gasteiger partial charge in [0.1, 0.15) is 5.82 Å². The Kier molecular flexibility index (Phi) is 4.17. The van der Waals surface area contributed by atoms with E-state index >= 15 is 0 Å². The topological polar surface area (TPSA) is 94.9 Å². The molecule has 1 amide bonds. The molecule has 0 saturated carbocycles. The van der Waals surface area contributed by atoms with E-state index in [4.69, 9.17) is 11.5 Å². The summed E-state index contributed by atoms with van der Waals surface area (Å²) >= 11 is 0. The molecule has 82 valence electrons. The zero-order valence-corrected chi connectivity index (χ0v) is 8.76. The van der Waals surface area contributed by atoms with Crippen LogP contribution in [0.3, 0.4) is 0 Å². The smallest absolute Gasteiger partial charge is 0.217 e. The van der Waals surface area contributed by atoms with Crippen molar-refractivity contribution in [3.63, 3.8) is 0 Å². The van der Waals surface area contributed by atoms with Gasteiger partial charge in [0.05, 0.1) is 6.04 Å². The number of nitrogens with two attached hydrogens (primary N) is 2. The van der Waals surface area contributed by atoms with E-state index in [9.17, 15) is 4.79 Å². The second kappa shape index (κ2) is 5.41. The standard InChI is InChI=1S/C10H16N4O/c1-7(3-4-8(11)15)9(12)10-13-5-2-6-14-10/h2,5-7,9H,3-4,12H2,1H3,(H2,11,15). The molecule has 5 heteroatoms. The van der Waals surface area contributed by atoms with Crippen LogP contribution in [0.15, 0.2) is 18.5 Å². The van der Waals surface area contributed by atoms with Gasteiger partial charge in [0.15, 0.2) is 0 Å². The molecule has 0 radical (unpaired) electrons. The number of carbonyl (C=O) groups excluding carboxylic acids is 1. The quantitative estimate of drug-likeness (QED) is 0.731. The Morgan fingerprint density at radius 3 is 2.60 bits per heavy atom. The van der Waals surface area contributed by atoms with E-state index in [1.807, 2.05) is 6.92 Å². The van der Waals surface area contributed by atoms with Crippen molar-refractivity contribution >= 4 is 5.91 Å². The lowest BCUT2D eigenvalue weighted by Crippen LogP contribution is -2.23. The Labute approximate surface area is 88.9 Å². The molecule has 0 bridgehead atoms. The van der Waals surface area contributed by atoms with Gasteiger partial charge in [0, 0.05) is 18.8 Å². The van der Waals surface area contributed by atoms with Gasteiger partial charge < -0.3 is 11.5 Å². The van der Waals surface area contributed by atoms with Gasteiger partial charge in [-0.05, 0) is 18.4 Å². The molecule has 0 aliphatic carbocycles. The molecule has 0 fully saturated rings. The van der Waals surface area contributed by atoms with Crippen LogP contribution in [0.1, 0.15) is 31.6 Å². The van der Waals surface area contributed by atoms with Gasteiger partial charge in [0.2, 0.25) is 5.91 Å². The van der Waals surface area contributed by atoms with Crippen LogP contribution in [0.25, 0.3) is 0 Å². The minimum Gasteiger partial charge on any atom is -0.370 e. The summed E-state index contributed by atoms with van der Waals surface area (Å²) in [5.41, 5.74) is 11.0. The third-order valence-electron chi connectivity index (χ3n) is 2.34. The van der Waals surface area contributed by atoms with Crippen LogP contribution in [0.2, 0.25) is 0 Å². The molecule has 0 saturated heterocycles. The summed E-state index contributed by atoms with van der Waals surface area (Å²) in [4.78, 5) is 18.8. The third-order valence-corrected chi connectivity index (χ3v) is 2.34. The van der Waals surface area contributed by atoms with Crippen LogP contribution in [-0.4, -0.2) is 15.9 Å². The van der Waals surface area contributed by atoms with Gasteiger partial charge in [-0.25, -0.2) is 9.97 Å². The normalized spacial score (nSPS) is 14.5. The molecule has 0 aliphatic rings. The summed E-state index contributed by atoms with van der Waals surface area (Å²) in [6.07, 6.45) is 4.32. The van der Waals surface area contributed by atoms with Crippen LogP contribution >= 0.6 is 0 Å². The molecule has 15 heavy (non-hydrogen) atoms. The summed E-state index contributed by atoms with van der Waals surface area (Å²) < 4.78 is 0. The van der Waals surface area contributed by atoms with Crippen molar-refractivity contribution in [2.24, 2.45) is 17.4 Å². The summed E-state index contributed by atoms with van der Waals surface area (Å²) in [6, 6.07) is 1.50. The predicted octanol–water partition coefficient (Wildman–Crippen LogP) is 0.378. The largest absolute Gasteiger partial charge is 0.370 e. The molecule has 4 N–H and O–H groups in total. The first-order chi connectivity index (χ1) is 7.11. The van der Waals surface area contributed by atoms with Gasteiger partial charge in [-0.2, -0.15) is 0 Å². The Morgan fingerprint density at radius 2 is 2.07 bits per heavy atom. The van der Waals surface area contributed by atoms with E-state index in [2.05, 4.69) is 9.97 Å². The molecule has 5 nitrogen and oxygen atoms in total. The minimum absolute atomic E-state index is 0.139. The fourth-order valence-corrected chi connectivity index (χ4v) is 1.29. The van der Waals surface area contributed by atoms with Crippen molar-refractivity contribution < 1.29 is 4.79 Å². The molecule has 0 spiro atoms. The lowest BCUT2D eigenvalue weighted by atomic mass is 9.96. The number of primary amides is 1. The molecule has 2 unspecified atom stereocenters. The van der Waals surface area contributed by atoms with E-state index in [0.717, 1.165) is 0 Å². The lowest BCUT2D eigenvalue weighted by Gasteiger charge is -2.17. The molecule has 1 aromatic heterocycles. The van der Waals surface area contributed by atoms with E-state index < -0.39 is 0 Å². The summed E-state index contributed by atoms with van der Waals surface area (Å²) in [6.45, 7) is 1.96. The zero-order valence-electron chi connectivity index (χ0n) is 8.76. The number of amides is 1. The average molecular weight is 208 g/mol. The van der Waals surface area contributed by atoms with Crippen molar-refractivity contribution in [1.29, 1.82) is 0 Å². The first-order valence-corrected chi connectivity index (χ1v) is 4.92. The van der Waals surface area contributed by atoms with Crippen LogP contribution in [0.5, 0.6) is 0 Å². The molecule has 0 aromatic carbocycles. The van der Waals surface area contributed by atoms with Gasteiger partial charge >= 0.3 is 0 Å². The SMILES string of the molecule is CC(CCC(N)=O)C(N)c1ncccn1. The maximum atomic E-state index is 10.6. The maximum absolute atomic E-state index is 10.6. The van der Waals surface area contributed by atoms with Crippen molar-refractivity contribution in [3.8, 4) is 0 Å². The highest BCUT2D eigenvalue weighted by atomic mass is 16.1. The molecule has 1 aromatic rings. The Bertz CT molecular complexity index is 314. The number of carbonyl (C=O) groups is 1. The fourth-order valence-electron chi connectivity index (χ4n) is 1.29. The maximum Gasteiger partial charge on any atom is 0.217 e. The third kappa shape index (κ3) is 3.63. The van der Waals surface area contributed by atoms with Crippen LogP contribution in [0, 0.1) is 5.92 Å². The van der Waals surface area contributed by atoms with Gasteiger partial charge in [-0.1, -0.05) is 6.92 Å². The predicted molar refractivity (Wildman–Crippen MR) is 56.6 cm³/mol. The van der Waals surface area contributed by atoms with Crippen LogP contribution in [0.4, 0.5) is 0 Å². The number of rotatable bonds is 5. The number of hydrogen-bond acceptors (Lipinski definition) is 4. The Morgan fingerprint density at radius 1 is 1.47 bits per heavy atom. The van der Waals surface area contributed by atoms with E-state index in [0.29, 0.717) is 18.7 Å². The Balaban J connectivity index is 2.53. The lowest BCUT2D eigenvalue weighted by molar-refractivity contribution is -0.118. The molecule has 1 rings (SSSR count). The fraction of sp³-hybridized carbons (Fsp3) is 0.500. The second-order valence-corrected chi connectivity index (χ2v) is 3.62. The molecular formula is C10H16N4O. The number of hydrogen-bond donors (Lipinski definition) is 2. The zero-order chi connectivity index (χ0) is 11.3. The average Bonchev–Trinajstić information content (AvgIpc) is 2.26. The van der Waals surface area contributed by atoms with Crippen molar-refractivity contribution in [2.45, 2.75) is 25.8 Å². The second-order valence-electron chi connectivity index (χ2n) is 3.62. The highest BCUT2D eigenvalue weighted by Gasteiger charge is 2.17. The number of aromatic nitrogens is 2. The summed E-state index contributed by atoms with van der Waals surface area (Å²) in [7, 11) is 0. The summed E-state index contributed by atoms with van der Waals surface area (Å²) in [5.74, 6) is 0.442. The molecule has 2 atom stereocenters. The van der Waals surface area contributed by atoms with E-state index in [1.165, 1.54) is 0 Å². The van der Waals surface area contributed by atoms with Crippen molar-refractivity contribution in [3.05, 3.63) is 24.3 Å². The van der Waals surface area contributed by atoms with Crippen molar-refractivity contribution in [1.82, 2.24) is 9.97 Å². The molecular weight excluding hydrogens is 192 g/mol.